The van der Waals surface area contributed by atoms with Gasteiger partial charge < -0.3 is 10.1 Å². The zero-order chi connectivity index (χ0) is 12.1. The Balaban J connectivity index is 4.23. The van der Waals surface area contributed by atoms with Crippen LogP contribution in [0.25, 0.3) is 0 Å². The molecule has 0 spiro atoms. The lowest BCUT2D eigenvalue weighted by molar-refractivity contribution is -0.131. The number of ether oxygens (including phenoxy) is 1. The number of hydrogen-bond donors (Lipinski definition) is 1. The third-order valence-electron chi connectivity index (χ3n) is 1.37. The lowest BCUT2D eigenvalue weighted by atomic mass is 10.2. The second kappa shape index (κ2) is 5.48. The molecule has 0 saturated carbocycles. The first-order valence-electron chi connectivity index (χ1n) is 4.56. The molecule has 15 heavy (non-hydrogen) atoms. The Morgan fingerprint density at radius 1 is 1.53 bits per heavy atom. The summed E-state index contributed by atoms with van der Waals surface area (Å²) < 4.78 is 17.3. The maximum Gasteiger partial charge on any atom is 0.408 e. The molecule has 0 aliphatic rings. The van der Waals surface area contributed by atoms with E-state index < -0.39 is 23.8 Å². The summed E-state index contributed by atoms with van der Waals surface area (Å²) in [7, 11) is 0. The van der Waals surface area contributed by atoms with Gasteiger partial charge in [-0.1, -0.05) is 6.08 Å². The molecule has 0 aliphatic carbocycles. The molecule has 0 saturated heterocycles. The van der Waals surface area contributed by atoms with E-state index in [1.54, 1.807) is 20.8 Å². The van der Waals surface area contributed by atoms with Gasteiger partial charge in [0.1, 0.15) is 11.6 Å². The first kappa shape index (κ1) is 13.6. The van der Waals surface area contributed by atoms with Crippen molar-refractivity contribution in [2.24, 2.45) is 0 Å². The fourth-order valence-corrected chi connectivity index (χ4v) is 0.825. The van der Waals surface area contributed by atoms with Gasteiger partial charge in [-0.15, -0.1) is 6.58 Å². The Kier molecular flexibility index (Phi) is 4.97. The van der Waals surface area contributed by atoms with Crippen molar-refractivity contribution in [2.45, 2.75) is 38.8 Å². The van der Waals surface area contributed by atoms with Crippen LogP contribution in [-0.2, 0) is 9.53 Å². The summed E-state index contributed by atoms with van der Waals surface area (Å²) in [4.78, 5) is 21.6. The maximum atomic E-state index is 12.4. The normalized spacial score (nSPS) is 12.8. The zero-order valence-electron chi connectivity index (χ0n) is 9.17. The Labute approximate surface area is 88.5 Å². The van der Waals surface area contributed by atoms with E-state index in [1.165, 1.54) is 6.08 Å². The summed E-state index contributed by atoms with van der Waals surface area (Å²) in [5.74, 6) is 0. The summed E-state index contributed by atoms with van der Waals surface area (Å²) in [6.45, 7) is 8.37. The number of alkyl carbamates (subject to hydrolysis) is 1. The topological polar surface area (TPSA) is 55.4 Å². The van der Waals surface area contributed by atoms with Crippen LogP contribution in [0.2, 0.25) is 0 Å². The third kappa shape index (κ3) is 6.65. The van der Waals surface area contributed by atoms with Crippen LogP contribution in [0.3, 0.4) is 0 Å². The van der Waals surface area contributed by atoms with Gasteiger partial charge >= 0.3 is 12.1 Å². The largest absolute Gasteiger partial charge is 0.444 e. The van der Waals surface area contributed by atoms with Crippen LogP contribution in [0.1, 0.15) is 27.2 Å². The van der Waals surface area contributed by atoms with Gasteiger partial charge in [-0.25, -0.2) is 4.79 Å². The highest BCUT2D eigenvalue weighted by atomic mass is 19.1. The Morgan fingerprint density at radius 3 is 2.40 bits per heavy atom. The molecule has 0 radical (unpaired) electrons. The van der Waals surface area contributed by atoms with Gasteiger partial charge in [-0.3, -0.25) is 4.79 Å². The third-order valence-corrected chi connectivity index (χ3v) is 1.37. The quantitative estimate of drug-likeness (QED) is 0.578. The predicted molar refractivity (Wildman–Crippen MR) is 54.1 cm³/mol. The van der Waals surface area contributed by atoms with Crippen molar-refractivity contribution in [1.29, 1.82) is 0 Å². The molecule has 86 valence electrons. The first-order valence-corrected chi connectivity index (χ1v) is 4.56. The number of carbonyl (C=O) groups excluding carboxylic acids is 2. The molecule has 0 aliphatic heterocycles. The van der Waals surface area contributed by atoms with E-state index in [0.717, 1.165) is 0 Å². The number of rotatable bonds is 4. The summed E-state index contributed by atoms with van der Waals surface area (Å²) in [6, 6.07) is -2.82. The number of nitrogens with one attached hydrogen (secondary N) is 1. The number of amides is 1. The first-order chi connectivity index (χ1) is 6.76. The van der Waals surface area contributed by atoms with E-state index in [4.69, 9.17) is 4.74 Å². The molecule has 0 aromatic heterocycles. The van der Waals surface area contributed by atoms with Crippen molar-refractivity contribution < 1.29 is 18.7 Å². The second-order valence-corrected chi connectivity index (χ2v) is 4.03. The summed E-state index contributed by atoms with van der Waals surface area (Å²) >= 11 is 0. The van der Waals surface area contributed by atoms with E-state index >= 15 is 0 Å². The number of halogens is 1. The van der Waals surface area contributed by atoms with Crippen LogP contribution in [0.15, 0.2) is 12.7 Å². The molecule has 0 fully saturated rings. The van der Waals surface area contributed by atoms with Crippen molar-refractivity contribution in [1.82, 2.24) is 5.32 Å². The molecule has 0 aromatic carbocycles. The molecule has 4 nitrogen and oxygen atoms in total. The highest BCUT2D eigenvalue weighted by Crippen LogP contribution is 2.07. The van der Waals surface area contributed by atoms with E-state index in [1.807, 2.05) is 0 Å². The molecule has 1 amide bonds. The molecule has 0 heterocycles. The summed E-state index contributed by atoms with van der Waals surface area (Å²) in [5, 5.41) is 2.12. The molecular weight excluding hydrogens is 201 g/mol. The van der Waals surface area contributed by atoms with Crippen molar-refractivity contribution in [3.05, 3.63) is 12.7 Å². The number of hydrogen-bond acceptors (Lipinski definition) is 3. The maximum absolute atomic E-state index is 12.4. The molecule has 5 heteroatoms. The van der Waals surface area contributed by atoms with Gasteiger partial charge in [-0.2, -0.15) is 4.39 Å². The molecule has 0 unspecified atom stereocenters. The van der Waals surface area contributed by atoms with E-state index in [-0.39, 0.29) is 6.42 Å². The minimum absolute atomic E-state index is 0.0363. The molecule has 0 aromatic rings. The average molecular weight is 217 g/mol. The molecule has 0 rings (SSSR count). The Bertz CT molecular complexity index is 258. The van der Waals surface area contributed by atoms with Crippen molar-refractivity contribution >= 4 is 12.1 Å². The van der Waals surface area contributed by atoms with Crippen LogP contribution in [0, 0.1) is 0 Å². The van der Waals surface area contributed by atoms with Gasteiger partial charge in [-0.05, 0) is 27.2 Å². The minimum Gasteiger partial charge on any atom is -0.444 e. The molecule has 1 atom stereocenters. The van der Waals surface area contributed by atoms with Crippen LogP contribution < -0.4 is 5.32 Å². The highest BCUT2D eigenvalue weighted by molar-refractivity contribution is 5.80. The van der Waals surface area contributed by atoms with Crippen LogP contribution in [0.5, 0.6) is 0 Å². The van der Waals surface area contributed by atoms with Gasteiger partial charge in [0.25, 0.3) is 0 Å². The van der Waals surface area contributed by atoms with Crippen molar-refractivity contribution in [3.63, 3.8) is 0 Å². The van der Waals surface area contributed by atoms with Crippen molar-refractivity contribution in [2.75, 3.05) is 0 Å². The smallest absolute Gasteiger partial charge is 0.408 e. The summed E-state index contributed by atoms with van der Waals surface area (Å²) in [6.07, 6.45) is 0.564. The Morgan fingerprint density at radius 2 is 2.07 bits per heavy atom. The second-order valence-electron chi connectivity index (χ2n) is 4.03. The molecule has 0 bridgehead atoms. The standard InChI is InChI=1S/C10H16FNO3/c1-5-6-7(8(11)13)12-9(14)15-10(2,3)4/h5,7H,1,6H2,2-4H3,(H,12,14)/t7-/m0/s1. The van der Waals surface area contributed by atoms with Crippen LogP contribution in [0.4, 0.5) is 9.18 Å². The highest BCUT2D eigenvalue weighted by Gasteiger charge is 2.22. The van der Waals surface area contributed by atoms with Gasteiger partial charge in [0.2, 0.25) is 0 Å². The van der Waals surface area contributed by atoms with Gasteiger partial charge in [0.15, 0.2) is 0 Å². The van der Waals surface area contributed by atoms with E-state index in [0.29, 0.717) is 0 Å². The Hall–Kier alpha value is -1.39. The van der Waals surface area contributed by atoms with E-state index in [9.17, 15) is 14.0 Å². The number of carbonyl (C=O) groups is 2. The van der Waals surface area contributed by atoms with Crippen molar-refractivity contribution in [3.8, 4) is 0 Å². The SMILES string of the molecule is C=CC[C@H](NC(=O)OC(C)(C)C)C(=O)F. The average Bonchev–Trinajstić information content (AvgIpc) is 1.99. The monoisotopic (exact) mass is 217 g/mol. The lowest BCUT2D eigenvalue weighted by Crippen LogP contribution is -2.42. The van der Waals surface area contributed by atoms with Gasteiger partial charge in [0, 0.05) is 0 Å². The minimum atomic E-state index is -1.61. The lowest BCUT2D eigenvalue weighted by Gasteiger charge is -2.21. The van der Waals surface area contributed by atoms with Crippen LogP contribution in [-0.4, -0.2) is 23.8 Å². The van der Waals surface area contributed by atoms with Gasteiger partial charge in [0.05, 0.1) is 0 Å². The predicted octanol–water partition coefficient (Wildman–Crippen LogP) is 1.95. The summed E-state index contributed by atoms with van der Waals surface area (Å²) in [5.41, 5.74) is -0.678. The fraction of sp³-hybridized carbons (Fsp3) is 0.600. The molecule has 1 N–H and O–H groups in total. The van der Waals surface area contributed by atoms with Crippen LogP contribution >= 0.6 is 0 Å². The zero-order valence-corrected chi connectivity index (χ0v) is 9.17. The fourth-order valence-electron chi connectivity index (χ4n) is 0.825. The van der Waals surface area contributed by atoms with E-state index in [2.05, 4.69) is 11.9 Å². The molecular formula is C10H16FNO3.